The van der Waals surface area contributed by atoms with Crippen LogP contribution in [-0.2, 0) is 33.4 Å². The smallest absolute Gasteiger partial charge is 0.349 e. The molecule has 1 atom stereocenters. The van der Waals surface area contributed by atoms with Crippen molar-refractivity contribution in [2.45, 2.75) is 56.6 Å². The summed E-state index contributed by atoms with van der Waals surface area (Å²) in [6.07, 6.45) is 3.50. The third kappa shape index (κ3) is 4.65. The summed E-state index contributed by atoms with van der Waals surface area (Å²) in [5, 5.41) is 4.63. The lowest BCUT2D eigenvalue weighted by molar-refractivity contribution is -0.147. The normalized spacial score (nSPS) is 21.8. The van der Waals surface area contributed by atoms with Gasteiger partial charge in [-0.3, -0.25) is 24.5 Å². The molecule has 5 rings (SSSR count). The Morgan fingerprint density at radius 3 is 2.58 bits per heavy atom. The number of halogens is 2. The first-order valence-corrected chi connectivity index (χ1v) is 12.9. The van der Waals surface area contributed by atoms with Crippen molar-refractivity contribution in [2.24, 2.45) is 0 Å². The lowest BCUT2D eigenvalue weighted by Gasteiger charge is -2.39. The summed E-state index contributed by atoms with van der Waals surface area (Å²) in [6.45, 7) is 1.62. The molecule has 2 aromatic carbocycles. The molecule has 0 spiro atoms. The van der Waals surface area contributed by atoms with Crippen molar-refractivity contribution in [1.82, 2.24) is 15.5 Å². The molecule has 198 valence electrons. The highest BCUT2D eigenvalue weighted by Crippen LogP contribution is 2.34. The summed E-state index contributed by atoms with van der Waals surface area (Å²) in [4.78, 5) is 53.2. The van der Waals surface area contributed by atoms with E-state index in [9.17, 15) is 19.2 Å². The number of nitrogens with zero attached hydrogens (tertiary/aromatic N) is 2. The van der Waals surface area contributed by atoms with E-state index in [2.05, 4.69) is 15.5 Å². The molecular weight excluding hydrogens is 493 g/mol. The number of benzene rings is 2. The van der Waals surface area contributed by atoms with E-state index in [4.69, 9.17) is 0 Å². The Morgan fingerprint density at radius 2 is 1.84 bits per heavy atom. The molecule has 4 amide bonds. The molecule has 2 aromatic rings. The van der Waals surface area contributed by atoms with Crippen LogP contribution in [0.2, 0.25) is 0 Å². The van der Waals surface area contributed by atoms with Crippen molar-refractivity contribution in [3.8, 4) is 0 Å². The fourth-order valence-electron chi connectivity index (χ4n) is 5.41. The van der Waals surface area contributed by atoms with Gasteiger partial charge in [0.15, 0.2) is 0 Å². The maximum absolute atomic E-state index is 15.1. The zero-order valence-electron chi connectivity index (χ0n) is 21.2. The molecular formula is C27H29BF2N4O4. The van der Waals surface area contributed by atoms with Crippen molar-refractivity contribution in [3.63, 3.8) is 0 Å². The highest BCUT2D eigenvalue weighted by atomic mass is 19.3. The number of amides is 4. The van der Waals surface area contributed by atoms with Gasteiger partial charge in [0.1, 0.15) is 7.85 Å². The first-order chi connectivity index (χ1) is 18.1. The van der Waals surface area contributed by atoms with Crippen LogP contribution in [0.1, 0.15) is 59.2 Å². The van der Waals surface area contributed by atoms with Gasteiger partial charge in [0.2, 0.25) is 11.8 Å². The minimum Gasteiger partial charge on any atom is -0.372 e. The van der Waals surface area contributed by atoms with E-state index in [1.54, 1.807) is 38.2 Å². The Kier molecular flexibility index (Phi) is 6.71. The maximum atomic E-state index is 15.1. The molecule has 0 bridgehead atoms. The summed E-state index contributed by atoms with van der Waals surface area (Å²) in [7, 11) is 1.63. The van der Waals surface area contributed by atoms with Gasteiger partial charge in [-0.05, 0) is 55.0 Å². The molecule has 8 nitrogen and oxygen atoms in total. The van der Waals surface area contributed by atoms with Crippen molar-refractivity contribution in [2.75, 3.05) is 18.0 Å². The second-order valence-electron chi connectivity index (χ2n) is 10.4. The molecule has 0 aliphatic carbocycles. The van der Waals surface area contributed by atoms with E-state index in [-0.39, 0.29) is 43.3 Å². The van der Waals surface area contributed by atoms with Gasteiger partial charge in [0.25, 0.3) is 11.8 Å². The molecule has 2 saturated heterocycles. The molecule has 0 saturated carbocycles. The van der Waals surface area contributed by atoms with Gasteiger partial charge >= 0.3 is 5.92 Å². The SMILES string of the molecule is B[C@@]1(N2Cc3cc(CNC(=O)C(F)(F)c4cccc(N5CCCCC5)c4)ccc3C2=O)CCC(=O)NC1=O. The van der Waals surface area contributed by atoms with E-state index in [1.807, 2.05) is 0 Å². The van der Waals surface area contributed by atoms with Crippen LogP contribution in [0.3, 0.4) is 0 Å². The number of nitrogens with one attached hydrogen (secondary N) is 2. The number of fused-ring (bicyclic) bond motifs is 1. The summed E-state index contributed by atoms with van der Waals surface area (Å²) in [6, 6.07) is 10.8. The van der Waals surface area contributed by atoms with Gasteiger partial charge in [-0.2, -0.15) is 8.78 Å². The highest BCUT2D eigenvalue weighted by molar-refractivity contribution is 6.32. The van der Waals surface area contributed by atoms with Gasteiger partial charge in [-0.1, -0.05) is 24.3 Å². The van der Waals surface area contributed by atoms with Gasteiger partial charge in [-0.15, -0.1) is 0 Å². The van der Waals surface area contributed by atoms with Crippen molar-refractivity contribution in [1.29, 1.82) is 0 Å². The summed E-state index contributed by atoms with van der Waals surface area (Å²) in [5.41, 5.74) is 0.763. The Labute approximate surface area is 220 Å². The number of piperidine rings is 2. The standard InChI is InChI=1S/C27H29BF2N4O4/c28-26(10-9-22(35)32-24(26)37)34-16-18-13-17(7-8-21(18)23(34)36)15-31-25(38)27(29,30)19-5-4-6-20(14-19)33-11-2-1-3-12-33/h4-8,13-14H,1-3,9-12,15-16,28H2,(H,31,38)(H,32,35,37)/t26-/m1/s1. The van der Waals surface area contributed by atoms with Crippen molar-refractivity contribution in [3.05, 3.63) is 64.7 Å². The number of carbonyl (C=O) groups excluding carboxylic acids is 4. The minimum absolute atomic E-state index is 0.134. The third-order valence-electron chi connectivity index (χ3n) is 7.82. The quantitative estimate of drug-likeness (QED) is 0.446. The first kappa shape index (κ1) is 25.9. The summed E-state index contributed by atoms with van der Waals surface area (Å²) < 4.78 is 30.2. The van der Waals surface area contributed by atoms with E-state index in [0.29, 0.717) is 22.4 Å². The van der Waals surface area contributed by atoms with E-state index < -0.39 is 23.2 Å². The second kappa shape index (κ2) is 9.85. The number of carbonyl (C=O) groups is 4. The Hall–Kier alpha value is -3.76. The average molecular weight is 522 g/mol. The number of hydrogen-bond acceptors (Lipinski definition) is 5. The zero-order chi connectivity index (χ0) is 27.1. The van der Waals surface area contributed by atoms with Crippen LogP contribution in [0, 0.1) is 0 Å². The van der Waals surface area contributed by atoms with Crippen LogP contribution >= 0.6 is 0 Å². The van der Waals surface area contributed by atoms with Gasteiger partial charge in [0, 0.05) is 49.4 Å². The lowest BCUT2D eigenvalue weighted by Crippen LogP contribution is -2.63. The number of anilines is 1. The maximum Gasteiger partial charge on any atom is 0.349 e. The number of alkyl halides is 2. The van der Waals surface area contributed by atoms with Crippen LogP contribution < -0.4 is 15.5 Å². The fourth-order valence-corrected chi connectivity index (χ4v) is 5.41. The number of imide groups is 1. The predicted octanol–water partition coefficient (Wildman–Crippen LogP) is 1.81. The molecule has 3 heterocycles. The van der Waals surface area contributed by atoms with Crippen LogP contribution in [0.4, 0.5) is 14.5 Å². The molecule has 3 aliphatic heterocycles. The van der Waals surface area contributed by atoms with Crippen LogP contribution in [0.25, 0.3) is 0 Å². The largest absolute Gasteiger partial charge is 0.372 e. The second-order valence-corrected chi connectivity index (χ2v) is 10.4. The third-order valence-corrected chi connectivity index (χ3v) is 7.82. The Balaban J connectivity index is 1.26. The van der Waals surface area contributed by atoms with Crippen molar-refractivity contribution >= 4 is 37.2 Å². The van der Waals surface area contributed by atoms with Crippen LogP contribution in [-0.4, -0.2) is 54.9 Å². The summed E-state index contributed by atoms with van der Waals surface area (Å²) >= 11 is 0. The van der Waals surface area contributed by atoms with Crippen LogP contribution in [0.15, 0.2) is 42.5 Å². The number of hydrogen-bond donors (Lipinski definition) is 2. The van der Waals surface area contributed by atoms with Gasteiger partial charge in [0.05, 0.1) is 5.44 Å². The lowest BCUT2D eigenvalue weighted by atomic mass is 9.70. The van der Waals surface area contributed by atoms with Gasteiger partial charge < -0.3 is 15.1 Å². The van der Waals surface area contributed by atoms with Crippen LogP contribution in [0.5, 0.6) is 0 Å². The zero-order valence-corrected chi connectivity index (χ0v) is 21.2. The molecule has 11 heteroatoms. The molecule has 0 unspecified atom stereocenters. The molecule has 0 radical (unpaired) electrons. The average Bonchev–Trinajstić information content (AvgIpc) is 3.26. The van der Waals surface area contributed by atoms with E-state index >= 15 is 8.78 Å². The fraction of sp³-hybridized carbons (Fsp3) is 0.407. The monoisotopic (exact) mass is 522 g/mol. The number of rotatable bonds is 6. The molecule has 0 aromatic heterocycles. The minimum atomic E-state index is -3.71. The van der Waals surface area contributed by atoms with E-state index in [0.717, 1.165) is 32.4 Å². The van der Waals surface area contributed by atoms with Crippen molar-refractivity contribution < 1.29 is 28.0 Å². The Bertz CT molecular complexity index is 1310. The molecule has 2 N–H and O–H groups in total. The van der Waals surface area contributed by atoms with Gasteiger partial charge in [-0.25, -0.2) is 0 Å². The highest BCUT2D eigenvalue weighted by Gasteiger charge is 2.48. The Morgan fingerprint density at radius 1 is 1.08 bits per heavy atom. The predicted molar refractivity (Wildman–Crippen MR) is 138 cm³/mol. The van der Waals surface area contributed by atoms with E-state index in [1.165, 1.54) is 17.0 Å². The molecule has 3 aliphatic rings. The topological polar surface area (TPSA) is 98.8 Å². The molecule has 38 heavy (non-hydrogen) atoms. The first-order valence-electron chi connectivity index (χ1n) is 12.9. The molecule has 2 fully saturated rings. The summed E-state index contributed by atoms with van der Waals surface area (Å²) in [5.74, 6) is -6.33.